The van der Waals surface area contributed by atoms with Crippen molar-refractivity contribution in [3.05, 3.63) is 29.6 Å². The summed E-state index contributed by atoms with van der Waals surface area (Å²) in [5, 5.41) is 0. The molecule has 1 aromatic carbocycles. The molecule has 0 aliphatic heterocycles. The van der Waals surface area contributed by atoms with Crippen molar-refractivity contribution in [3.63, 3.8) is 0 Å². The van der Waals surface area contributed by atoms with E-state index in [0.717, 1.165) is 18.2 Å². The molecule has 0 saturated heterocycles. The molecule has 0 atom stereocenters. The topological polar surface area (TPSA) is 34.9 Å². The van der Waals surface area contributed by atoms with Gasteiger partial charge in [-0.2, -0.15) is 0 Å². The number of rotatable bonds is 4. The predicted octanol–water partition coefficient (Wildman–Crippen LogP) is 2.58. The zero-order chi connectivity index (χ0) is 11.8. The maximum atomic E-state index is 10.4. The first-order valence-electron chi connectivity index (χ1n) is 6.18. The summed E-state index contributed by atoms with van der Waals surface area (Å²) in [6, 6.07) is 6.34. The van der Waals surface area contributed by atoms with Crippen LogP contribution in [0.5, 0.6) is 0 Å². The molecule has 3 nitrogen and oxygen atoms in total. The molecule has 0 N–H and O–H groups in total. The number of benzene rings is 1. The van der Waals surface area contributed by atoms with Crippen molar-refractivity contribution in [1.82, 2.24) is 9.55 Å². The van der Waals surface area contributed by atoms with Crippen LogP contribution in [0.2, 0.25) is 0 Å². The number of hydrogen-bond acceptors (Lipinski definition) is 2. The summed E-state index contributed by atoms with van der Waals surface area (Å²) in [5.41, 5.74) is 3.46. The van der Waals surface area contributed by atoms with Crippen LogP contribution in [-0.2, 0) is 18.3 Å². The summed E-state index contributed by atoms with van der Waals surface area (Å²) < 4.78 is 2.20. The van der Waals surface area contributed by atoms with E-state index in [0.29, 0.717) is 12.3 Å². The lowest BCUT2D eigenvalue weighted by molar-refractivity contribution is -0.107. The Morgan fingerprint density at radius 3 is 3.00 bits per heavy atom. The van der Waals surface area contributed by atoms with Crippen molar-refractivity contribution in [2.45, 2.75) is 31.6 Å². The van der Waals surface area contributed by atoms with Gasteiger partial charge in [0, 0.05) is 19.4 Å². The van der Waals surface area contributed by atoms with Crippen LogP contribution in [0.4, 0.5) is 0 Å². The van der Waals surface area contributed by atoms with Gasteiger partial charge in [-0.3, -0.25) is 0 Å². The minimum absolute atomic E-state index is 0.591. The number of nitrogens with zero attached hydrogens (tertiary/aromatic N) is 2. The molecule has 1 saturated carbocycles. The second-order valence-electron chi connectivity index (χ2n) is 4.83. The molecule has 3 heteroatoms. The van der Waals surface area contributed by atoms with Gasteiger partial charge in [0.15, 0.2) is 0 Å². The summed E-state index contributed by atoms with van der Waals surface area (Å²) >= 11 is 0. The van der Waals surface area contributed by atoms with E-state index in [1.54, 1.807) is 0 Å². The van der Waals surface area contributed by atoms with E-state index in [9.17, 15) is 4.79 Å². The molecule has 3 rings (SSSR count). The number of carbonyl (C=O) groups is 1. The smallest absolute Gasteiger partial charge is 0.120 e. The zero-order valence-corrected chi connectivity index (χ0v) is 10.0. The molecule has 0 radical (unpaired) electrons. The predicted molar refractivity (Wildman–Crippen MR) is 67.1 cm³/mol. The molecule has 1 heterocycles. The average molecular weight is 228 g/mol. The van der Waals surface area contributed by atoms with Crippen LogP contribution in [0.3, 0.4) is 0 Å². The van der Waals surface area contributed by atoms with Crippen molar-refractivity contribution in [2.24, 2.45) is 7.05 Å². The van der Waals surface area contributed by atoms with Crippen LogP contribution in [0.15, 0.2) is 18.2 Å². The van der Waals surface area contributed by atoms with Crippen molar-refractivity contribution in [1.29, 1.82) is 0 Å². The van der Waals surface area contributed by atoms with E-state index in [4.69, 9.17) is 4.98 Å². The first-order chi connectivity index (χ1) is 8.29. The van der Waals surface area contributed by atoms with E-state index < -0.39 is 0 Å². The molecule has 0 bridgehead atoms. The lowest BCUT2D eigenvalue weighted by Gasteiger charge is -2.00. The van der Waals surface area contributed by atoms with Gasteiger partial charge >= 0.3 is 0 Å². The highest BCUT2D eigenvalue weighted by molar-refractivity contribution is 5.77. The molecular weight excluding hydrogens is 212 g/mol. The molecule has 88 valence electrons. The number of fused-ring (bicyclic) bond motifs is 1. The third kappa shape index (κ3) is 1.86. The Kier molecular flexibility index (Phi) is 2.46. The lowest BCUT2D eigenvalue weighted by atomic mass is 10.1. The summed E-state index contributed by atoms with van der Waals surface area (Å²) in [4.78, 5) is 15.1. The Labute approximate surface area is 100 Å². The fraction of sp³-hybridized carbons (Fsp3) is 0.429. The Balaban J connectivity index is 2.01. The molecule has 1 aliphatic rings. The first kappa shape index (κ1) is 10.5. The summed E-state index contributed by atoms with van der Waals surface area (Å²) in [6.45, 7) is 0. The maximum absolute atomic E-state index is 10.4. The second kappa shape index (κ2) is 3.99. The van der Waals surface area contributed by atoms with Gasteiger partial charge in [0.05, 0.1) is 11.0 Å². The van der Waals surface area contributed by atoms with E-state index in [-0.39, 0.29) is 0 Å². The molecule has 1 aliphatic carbocycles. The number of aromatic nitrogens is 2. The van der Waals surface area contributed by atoms with Crippen LogP contribution in [0.1, 0.15) is 36.6 Å². The molecule has 0 spiro atoms. The van der Waals surface area contributed by atoms with Crippen LogP contribution >= 0.6 is 0 Å². The number of aryl methyl sites for hydroxylation is 2. The van der Waals surface area contributed by atoms with Gasteiger partial charge in [-0.1, -0.05) is 6.07 Å². The quantitative estimate of drug-likeness (QED) is 0.754. The first-order valence-corrected chi connectivity index (χ1v) is 6.18. The Bertz CT molecular complexity index is 567. The van der Waals surface area contributed by atoms with Gasteiger partial charge in [0.1, 0.15) is 12.1 Å². The maximum Gasteiger partial charge on any atom is 0.120 e. The largest absolute Gasteiger partial charge is 0.331 e. The minimum Gasteiger partial charge on any atom is -0.331 e. The van der Waals surface area contributed by atoms with E-state index in [1.165, 1.54) is 29.7 Å². The summed E-state index contributed by atoms with van der Waals surface area (Å²) in [7, 11) is 2.09. The number of imidazole rings is 1. The molecule has 2 aromatic rings. The molecule has 17 heavy (non-hydrogen) atoms. The van der Waals surface area contributed by atoms with Crippen LogP contribution < -0.4 is 0 Å². The van der Waals surface area contributed by atoms with Gasteiger partial charge in [-0.15, -0.1) is 0 Å². The highest BCUT2D eigenvalue weighted by Crippen LogP contribution is 2.40. The van der Waals surface area contributed by atoms with Crippen molar-refractivity contribution in [3.8, 4) is 0 Å². The Hall–Kier alpha value is -1.64. The van der Waals surface area contributed by atoms with Crippen molar-refractivity contribution < 1.29 is 4.79 Å². The Morgan fingerprint density at radius 1 is 1.47 bits per heavy atom. The van der Waals surface area contributed by atoms with E-state index in [2.05, 4.69) is 29.8 Å². The number of carbonyl (C=O) groups excluding carboxylic acids is 1. The Morgan fingerprint density at radius 2 is 2.29 bits per heavy atom. The average Bonchev–Trinajstić information content (AvgIpc) is 3.13. The molecule has 0 amide bonds. The van der Waals surface area contributed by atoms with Gasteiger partial charge in [0.2, 0.25) is 0 Å². The third-order valence-corrected chi connectivity index (χ3v) is 3.47. The van der Waals surface area contributed by atoms with Gasteiger partial charge in [0.25, 0.3) is 0 Å². The van der Waals surface area contributed by atoms with Crippen LogP contribution in [0.25, 0.3) is 11.0 Å². The molecule has 1 fully saturated rings. The summed E-state index contributed by atoms with van der Waals surface area (Å²) in [6.07, 6.45) is 4.92. The number of hydrogen-bond donors (Lipinski definition) is 0. The molecular formula is C14H16N2O. The highest BCUT2D eigenvalue weighted by atomic mass is 16.1. The highest BCUT2D eigenvalue weighted by Gasteiger charge is 2.28. The van der Waals surface area contributed by atoms with E-state index >= 15 is 0 Å². The SMILES string of the molecule is Cn1c(C2CC2)nc2cc(CCC=O)ccc21. The second-order valence-corrected chi connectivity index (χ2v) is 4.83. The van der Waals surface area contributed by atoms with Crippen LogP contribution in [-0.4, -0.2) is 15.8 Å². The molecule has 0 unspecified atom stereocenters. The fourth-order valence-electron chi connectivity index (χ4n) is 2.35. The standard InChI is InChI=1S/C14H16N2O/c1-16-13-7-4-10(3-2-8-17)9-12(13)15-14(16)11-5-6-11/h4,7-9,11H,2-3,5-6H2,1H3. The van der Waals surface area contributed by atoms with E-state index in [1.807, 2.05) is 0 Å². The van der Waals surface area contributed by atoms with Crippen LogP contribution in [0, 0.1) is 0 Å². The van der Waals surface area contributed by atoms with Gasteiger partial charge < -0.3 is 9.36 Å². The van der Waals surface area contributed by atoms with Gasteiger partial charge in [-0.25, -0.2) is 4.98 Å². The normalized spacial score (nSPS) is 15.4. The minimum atomic E-state index is 0.591. The molecule has 1 aromatic heterocycles. The number of aldehydes is 1. The lowest BCUT2D eigenvalue weighted by Crippen LogP contribution is -1.94. The fourth-order valence-corrected chi connectivity index (χ4v) is 2.35. The van der Waals surface area contributed by atoms with Crippen molar-refractivity contribution >= 4 is 17.3 Å². The zero-order valence-electron chi connectivity index (χ0n) is 10.0. The third-order valence-electron chi connectivity index (χ3n) is 3.47. The monoisotopic (exact) mass is 228 g/mol. The van der Waals surface area contributed by atoms with Crippen molar-refractivity contribution in [2.75, 3.05) is 0 Å². The summed E-state index contributed by atoms with van der Waals surface area (Å²) in [5.74, 6) is 1.89. The van der Waals surface area contributed by atoms with Gasteiger partial charge in [-0.05, 0) is 37.0 Å².